The molecule has 3 rings (SSSR count). The minimum atomic E-state index is 0.368. The zero-order chi connectivity index (χ0) is 14.8. The Morgan fingerprint density at radius 1 is 1.38 bits per heavy atom. The van der Waals surface area contributed by atoms with Crippen LogP contribution in [0.2, 0.25) is 0 Å². The SMILES string of the molecule is CCCN(c1nc2c(Br)cccn2n1)C1CCC(N)CC1. The lowest BCUT2D eigenvalue weighted by Gasteiger charge is -2.35. The third-order valence-electron chi connectivity index (χ3n) is 4.21. The number of fused-ring (bicyclic) bond motifs is 1. The van der Waals surface area contributed by atoms with Gasteiger partial charge in [-0.05, 0) is 60.2 Å². The molecule has 0 bridgehead atoms. The van der Waals surface area contributed by atoms with Crippen LogP contribution in [0.15, 0.2) is 22.8 Å². The molecule has 0 aliphatic heterocycles. The average molecular weight is 352 g/mol. The van der Waals surface area contributed by atoms with E-state index in [2.05, 4.69) is 32.9 Å². The number of halogens is 1. The van der Waals surface area contributed by atoms with E-state index in [1.54, 1.807) is 0 Å². The fraction of sp³-hybridized carbons (Fsp3) is 0.600. The molecular weight excluding hydrogens is 330 g/mol. The van der Waals surface area contributed by atoms with Crippen molar-refractivity contribution in [1.29, 1.82) is 0 Å². The average Bonchev–Trinajstić information content (AvgIpc) is 2.91. The van der Waals surface area contributed by atoms with Crippen LogP contribution in [0.3, 0.4) is 0 Å². The van der Waals surface area contributed by atoms with Gasteiger partial charge in [0, 0.05) is 24.8 Å². The molecule has 2 heterocycles. The zero-order valence-corrected chi connectivity index (χ0v) is 14.0. The third kappa shape index (κ3) is 3.06. The van der Waals surface area contributed by atoms with Gasteiger partial charge in [0.15, 0.2) is 5.65 Å². The molecule has 21 heavy (non-hydrogen) atoms. The summed E-state index contributed by atoms with van der Waals surface area (Å²) in [6.45, 7) is 3.20. The van der Waals surface area contributed by atoms with Crippen molar-refractivity contribution in [3.05, 3.63) is 22.8 Å². The lowest BCUT2D eigenvalue weighted by atomic mass is 9.91. The van der Waals surface area contributed by atoms with Gasteiger partial charge in [-0.1, -0.05) is 6.92 Å². The van der Waals surface area contributed by atoms with Gasteiger partial charge in [0.25, 0.3) is 0 Å². The first-order valence-electron chi connectivity index (χ1n) is 7.72. The Bertz CT molecular complexity index is 603. The van der Waals surface area contributed by atoms with Crippen LogP contribution in [0, 0.1) is 0 Å². The maximum Gasteiger partial charge on any atom is 0.245 e. The largest absolute Gasteiger partial charge is 0.337 e. The lowest BCUT2D eigenvalue weighted by molar-refractivity contribution is 0.372. The smallest absolute Gasteiger partial charge is 0.245 e. The first kappa shape index (κ1) is 14.8. The van der Waals surface area contributed by atoms with Crippen LogP contribution in [0.1, 0.15) is 39.0 Å². The van der Waals surface area contributed by atoms with Gasteiger partial charge in [0.05, 0.1) is 4.47 Å². The first-order valence-corrected chi connectivity index (χ1v) is 8.51. The molecule has 2 aromatic rings. The molecule has 2 N–H and O–H groups in total. The second-order valence-corrected chi connectivity index (χ2v) is 6.65. The molecule has 0 atom stereocenters. The highest BCUT2D eigenvalue weighted by molar-refractivity contribution is 9.10. The van der Waals surface area contributed by atoms with Crippen molar-refractivity contribution in [2.45, 2.75) is 51.1 Å². The van der Waals surface area contributed by atoms with Crippen LogP contribution in [0.25, 0.3) is 5.65 Å². The highest BCUT2D eigenvalue weighted by Gasteiger charge is 2.26. The summed E-state index contributed by atoms with van der Waals surface area (Å²) < 4.78 is 2.82. The van der Waals surface area contributed by atoms with Crippen LogP contribution < -0.4 is 10.6 Å². The molecule has 0 unspecified atom stereocenters. The summed E-state index contributed by atoms with van der Waals surface area (Å²) in [6.07, 6.45) is 7.51. The predicted octanol–water partition coefficient (Wildman–Crippen LogP) is 2.98. The number of nitrogens with zero attached hydrogens (tertiary/aromatic N) is 4. The minimum Gasteiger partial charge on any atom is -0.337 e. The van der Waals surface area contributed by atoms with Gasteiger partial charge in [-0.25, -0.2) is 4.52 Å². The van der Waals surface area contributed by atoms with Crippen LogP contribution in [0.4, 0.5) is 5.95 Å². The Hall–Kier alpha value is -1.14. The highest BCUT2D eigenvalue weighted by Crippen LogP contribution is 2.27. The summed E-state index contributed by atoms with van der Waals surface area (Å²) in [4.78, 5) is 7.09. The molecule has 0 radical (unpaired) electrons. The second kappa shape index (κ2) is 6.32. The molecule has 1 aliphatic rings. The van der Waals surface area contributed by atoms with Crippen molar-refractivity contribution in [3.8, 4) is 0 Å². The fourth-order valence-corrected chi connectivity index (χ4v) is 3.51. The molecule has 5 nitrogen and oxygen atoms in total. The van der Waals surface area contributed by atoms with Gasteiger partial charge in [-0.3, -0.25) is 0 Å². The van der Waals surface area contributed by atoms with Crippen molar-refractivity contribution in [2.75, 3.05) is 11.4 Å². The monoisotopic (exact) mass is 351 g/mol. The van der Waals surface area contributed by atoms with E-state index in [0.717, 1.165) is 54.7 Å². The van der Waals surface area contributed by atoms with Gasteiger partial charge in [0.1, 0.15) is 0 Å². The van der Waals surface area contributed by atoms with Gasteiger partial charge in [0.2, 0.25) is 5.95 Å². The number of anilines is 1. The number of hydrogen-bond acceptors (Lipinski definition) is 4. The summed E-state index contributed by atoms with van der Waals surface area (Å²) in [5, 5.41) is 4.66. The summed E-state index contributed by atoms with van der Waals surface area (Å²) in [7, 11) is 0. The Morgan fingerprint density at radius 2 is 2.14 bits per heavy atom. The van der Waals surface area contributed by atoms with E-state index < -0.39 is 0 Å². The standard InChI is InChI=1S/C15H22BrN5/c1-2-9-20(12-7-5-11(17)6-8-12)15-18-14-13(16)4-3-10-21(14)19-15/h3-4,10-12H,2,5-9,17H2,1H3. The molecule has 1 fully saturated rings. The van der Waals surface area contributed by atoms with Crippen LogP contribution in [-0.4, -0.2) is 33.2 Å². The number of rotatable bonds is 4. The second-order valence-electron chi connectivity index (χ2n) is 5.80. The first-order chi connectivity index (χ1) is 10.2. The lowest BCUT2D eigenvalue weighted by Crippen LogP contribution is -2.42. The third-order valence-corrected chi connectivity index (χ3v) is 4.83. The van der Waals surface area contributed by atoms with E-state index >= 15 is 0 Å². The van der Waals surface area contributed by atoms with Gasteiger partial charge >= 0.3 is 0 Å². The Balaban J connectivity index is 1.89. The van der Waals surface area contributed by atoms with Crippen molar-refractivity contribution < 1.29 is 0 Å². The van der Waals surface area contributed by atoms with Crippen molar-refractivity contribution in [1.82, 2.24) is 14.6 Å². The normalized spacial score (nSPS) is 22.6. The molecule has 0 spiro atoms. The Morgan fingerprint density at radius 3 is 2.81 bits per heavy atom. The van der Waals surface area contributed by atoms with E-state index in [-0.39, 0.29) is 0 Å². The molecule has 2 aromatic heterocycles. The number of aromatic nitrogens is 3. The maximum atomic E-state index is 6.03. The van der Waals surface area contributed by atoms with Gasteiger partial charge in [-0.15, -0.1) is 5.10 Å². The van der Waals surface area contributed by atoms with Crippen molar-refractivity contribution in [2.24, 2.45) is 5.73 Å². The summed E-state index contributed by atoms with van der Waals surface area (Å²) in [5.41, 5.74) is 6.91. The Labute approximate surface area is 133 Å². The summed E-state index contributed by atoms with van der Waals surface area (Å²) in [5.74, 6) is 0.837. The van der Waals surface area contributed by atoms with E-state index in [1.165, 1.54) is 0 Å². The fourth-order valence-electron chi connectivity index (χ4n) is 3.08. The molecule has 114 valence electrons. The van der Waals surface area contributed by atoms with Crippen molar-refractivity contribution in [3.63, 3.8) is 0 Å². The van der Waals surface area contributed by atoms with E-state index in [0.29, 0.717) is 12.1 Å². The Kier molecular flexibility index (Phi) is 4.45. The molecule has 0 aromatic carbocycles. The maximum absolute atomic E-state index is 6.03. The molecular formula is C15H22BrN5. The number of pyridine rings is 1. The van der Waals surface area contributed by atoms with E-state index in [1.807, 2.05) is 22.8 Å². The topological polar surface area (TPSA) is 59.5 Å². The van der Waals surface area contributed by atoms with Gasteiger partial charge in [-0.2, -0.15) is 4.98 Å². The molecule has 1 saturated carbocycles. The quantitative estimate of drug-likeness (QED) is 0.919. The van der Waals surface area contributed by atoms with Crippen molar-refractivity contribution >= 4 is 27.5 Å². The van der Waals surface area contributed by atoms with Crippen LogP contribution >= 0.6 is 15.9 Å². The van der Waals surface area contributed by atoms with Gasteiger partial charge < -0.3 is 10.6 Å². The van der Waals surface area contributed by atoms with Crippen LogP contribution in [-0.2, 0) is 0 Å². The van der Waals surface area contributed by atoms with Crippen LogP contribution in [0.5, 0.6) is 0 Å². The summed E-state index contributed by atoms with van der Waals surface area (Å²) >= 11 is 3.54. The molecule has 6 heteroatoms. The number of nitrogens with two attached hydrogens (primary N) is 1. The highest BCUT2D eigenvalue weighted by atomic mass is 79.9. The predicted molar refractivity (Wildman–Crippen MR) is 88.6 cm³/mol. The van der Waals surface area contributed by atoms with E-state index in [4.69, 9.17) is 10.7 Å². The zero-order valence-electron chi connectivity index (χ0n) is 12.4. The molecule has 0 amide bonds. The molecule has 0 saturated heterocycles. The molecule has 1 aliphatic carbocycles. The minimum absolute atomic E-state index is 0.368. The van der Waals surface area contributed by atoms with E-state index in [9.17, 15) is 0 Å². The number of hydrogen-bond donors (Lipinski definition) is 1. The summed E-state index contributed by atoms with van der Waals surface area (Å²) in [6, 6.07) is 4.85.